The number of ether oxygens (including phenoxy) is 4. The van der Waals surface area contributed by atoms with Gasteiger partial charge in [0.25, 0.3) is 0 Å². The largest absolute Gasteiger partial charge is 0.459 e. The maximum Gasteiger partial charge on any atom is 0.342 e. The molecule has 30 heavy (non-hydrogen) atoms. The van der Waals surface area contributed by atoms with E-state index < -0.39 is 87.9 Å². The van der Waals surface area contributed by atoms with Crippen LogP contribution in [0.25, 0.3) is 0 Å². The highest BCUT2D eigenvalue weighted by atomic mass is 16.8. The van der Waals surface area contributed by atoms with Gasteiger partial charge in [-0.25, -0.2) is 9.59 Å². The molecule has 10 heteroatoms. The fraction of sp³-hybridized carbons (Fsp3) is 0.850. The minimum absolute atomic E-state index is 0.107. The van der Waals surface area contributed by atoms with Crippen LogP contribution >= 0.6 is 0 Å². The van der Waals surface area contributed by atoms with Gasteiger partial charge in [-0.3, -0.25) is 4.79 Å². The normalized spacial score (nSPS) is 60.1. The number of aliphatic hydroxyl groups is 3. The van der Waals surface area contributed by atoms with Crippen molar-refractivity contribution in [2.24, 2.45) is 28.1 Å². The first kappa shape index (κ1) is 19.0. The summed E-state index contributed by atoms with van der Waals surface area (Å²) in [7, 11) is 0. The van der Waals surface area contributed by atoms with Crippen LogP contribution in [0.4, 0.5) is 0 Å². The highest BCUT2D eigenvalue weighted by Gasteiger charge is 3.02. The molecule has 0 radical (unpaired) electrons. The van der Waals surface area contributed by atoms with Crippen LogP contribution in [0.5, 0.6) is 0 Å². The van der Waals surface area contributed by atoms with Gasteiger partial charge >= 0.3 is 17.9 Å². The van der Waals surface area contributed by atoms with Crippen molar-refractivity contribution in [1.29, 1.82) is 0 Å². The Labute approximate surface area is 171 Å². The number of hydrogen-bond donors (Lipinski definition) is 3. The van der Waals surface area contributed by atoms with E-state index in [9.17, 15) is 29.7 Å². The number of carbonyl (C=O) groups is 3. The standard InChI is InChI=1S/C20H24O10/c1-6-12(23)27-7-5-17-11-8(21)9(16(2,3)4)18(17)10(22)13(24)29-15(18)30-20(17,14(25)28-11)19(6,7)26/h6-11,15,21-22,26H,5H2,1-4H3/t6-,7+,8-,9-,10-,11+,15+,17+,18+,19+,20+/m0/s1. The topological polar surface area (TPSA) is 149 Å². The third kappa shape index (κ3) is 1.35. The van der Waals surface area contributed by atoms with Crippen LogP contribution in [0, 0.1) is 28.1 Å². The summed E-state index contributed by atoms with van der Waals surface area (Å²) in [4.78, 5) is 38.2. The molecule has 2 saturated carbocycles. The van der Waals surface area contributed by atoms with Crippen molar-refractivity contribution in [2.75, 3.05) is 0 Å². The molecule has 0 aromatic rings. The first-order chi connectivity index (χ1) is 13.8. The molecule has 3 N–H and O–H groups in total. The Hall–Kier alpha value is -1.75. The molecule has 6 rings (SSSR count). The lowest BCUT2D eigenvalue weighted by Gasteiger charge is -2.46. The first-order valence-electron chi connectivity index (χ1n) is 10.2. The van der Waals surface area contributed by atoms with Crippen molar-refractivity contribution < 1.29 is 48.7 Å². The predicted octanol–water partition coefficient (Wildman–Crippen LogP) is -1.37. The molecular weight excluding hydrogens is 400 g/mol. The number of esters is 3. The van der Waals surface area contributed by atoms with E-state index in [4.69, 9.17) is 18.9 Å². The second-order valence-electron chi connectivity index (χ2n) is 10.7. The summed E-state index contributed by atoms with van der Waals surface area (Å²) < 4.78 is 22.6. The van der Waals surface area contributed by atoms with Crippen molar-refractivity contribution in [2.45, 2.75) is 76.0 Å². The maximum absolute atomic E-state index is 13.4. The Kier molecular flexibility index (Phi) is 2.97. The number of hydrogen-bond acceptors (Lipinski definition) is 10. The van der Waals surface area contributed by atoms with E-state index in [2.05, 4.69) is 0 Å². The molecule has 4 aliphatic heterocycles. The average molecular weight is 424 g/mol. The monoisotopic (exact) mass is 424 g/mol. The lowest BCUT2D eigenvalue weighted by molar-refractivity contribution is -0.239. The predicted molar refractivity (Wildman–Crippen MR) is 92.0 cm³/mol. The Morgan fingerprint density at radius 1 is 1.03 bits per heavy atom. The second kappa shape index (κ2) is 4.69. The minimum Gasteiger partial charge on any atom is -0.459 e. The molecule has 4 heterocycles. The molecule has 2 spiro atoms. The second-order valence-corrected chi connectivity index (χ2v) is 10.7. The van der Waals surface area contributed by atoms with E-state index in [1.807, 2.05) is 20.8 Å². The summed E-state index contributed by atoms with van der Waals surface area (Å²) in [6, 6.07) is 0. The van der Waals surface area contributed by atoms with Crippen LogP contribution in [-0.2, 0) is 33.3 Å². The van der Waals surface area contributed by atoms with Crippen LogP contribution in [0.1, 0.15) is 34.1 Å². The van der Waals surface area contributed by atoms with E-state index >= 15 is 0 Å². The van der Waals surface area contributed by atoms with Gasteiger partial charge in [0.2, 0.25) is 11.9 Å². The molecule has 10 nitrogen and oxygen atoms in total. The molecule has 6 fully saturated rings. The van der Waals surface area contributed by atoms with Crippen molar-refractivity contribution in [1.82, 2.24) is 0 Å². The number of fused-ring (bicyclic) bond motifs is 1. The molecule has 0 amide bonds. The zero-order valence-electron chi connectivity index (χ0n) is 16.9. The molecule has 164 valence electrons. The van der Waals surface area contributed by atoms with Gasteiger partial charge in [0, 0.05) is 12.3 Å². The van der Waals surface area contributed by atoms with Crippen LogP contribution in [0.3, 0.4) is 0 Å². The van der Waals surface area contributed by atoms with Gasteiger partial charge in [-0.2, -0.15) is 0 Å². The van der Waals surface area contributed by atoms with Gasteiger partial charge in [0.1, 0.15) is 12.2 Å². The zero-order valence-corrected chi connectivity index (χ0v) is 16.9. The molecule has 11 atom stereocenters. The molecule has 0 aromatic carbocycles. The number of aliphatic hydroxyl groups excluding tert-OH is 2. The molecule has 0 aromatic heterocycles. The quantitative estimate of drug-likeness (QED) is 0.314. The van der Waals surface area contributed by atoms with Crippen LogP contribution in [-0.4, -0.2) is 75.1 Å². The summed E-state index contributed by atoms with van der Waals surface area (Å²) >= 11 is 0. The summed E-state index contributed by atoms with van der Waals surface area (Å²) in [5, 5.41) is 34.4. The van der Waals surface area contributed by atoms with E-state index in [0.717, 1.165) is 0 Å². The van der Waals surface area contributed by atoms with Gasteiger partial charge in [-0.15, -0.1) is 0 Å². The van der Waals surface area contributed by atoms with E-state index in [0.29, 0.717) is 0 Å². The van der Waals surface area contributed by atoms with Gasteiger partial charge in [-0.05, 0) is 12.3 Å². The fourth-order valence-electron chi connectivity index (χ4n) is 8.22. The fourth-order valence-corrected chi connectivity index (χ4v) is 8.22. The highest BCUT2D eigenvalue weighted by Crippen LogP contribution is 2.84. The highest BCUT2D eigenvalue weighted by molar-refractivity contribution is 5.93. The molecule has 4 saturated heterocycles. The third-order valence-electron chi connectivity index (χ3n) is 8.91. The number of rotatable bonds is 0. The van der Waals surface area contributed by atoms with Crippen molar-refractivity contribution in [3.05, 3.63) is 0 Å². The van der Waals surface area contributed by atoms with Gasteiger partial charge in [-0.1, -0.05) is 20.8 Å². The smallest absolute Gasteiger partial charge is 0.342 e. The summed E-state index contributed by atoms with van der Waals surface area (Å²) in [6.45, 7) is 6.97. The molecular formula is C20H24O10. The van der Waals surface area contributed by atoms with Crippen LogP contribution in [0.2, 0.25) is 0 Å². The average Bonchev–Trinajstić information content (AvgIpc) is 3.32. The summed E-state index contributed by atoms with van der Waals surface area (Å²) in [5.74, 6) is -4.43. The summed E-state index contributed by atoms with van der Waals surface area (Å²) in [6.07, 6.45) is -6.73. The van der Waals surface area contributed by atoms with Gasteiger partial charge in [0.15, 0.2) is 11.7 Å². The van der Waals surface area contributed by atoms with Crippen molar-refractivity contribution in [3.63, 3.8) is 0 Å². The zero-order chi connectivity index (χ0) is 21.8. The lowest BCUT2D eigenvalue weighted by atomic mass is 9.51. The Morgan fingerprint density at radius 3 is 2.33 bits per heavy atom. The number of carbonyl (C=O) groups excluding carboxylic acids is 3. The van der Waals surface area contributed by atoms with Crippen LogP contribution < -0.4 is 0 Å². The third-order valence-corrected chi connectivity index (χ3v) is 8.91. The van der Waals surface area contributed by atoms with E-state index in [-0.39, 0.29) is 6.42 Å². The maximum atomic E-state index is 13.4. The van der Waals surface area contributed by atoms with E-state index in [1.165, 1.54) is 6.92 Å². The van der Waals surface area contributed by atoms with E-state index in [1.54, 1.807) is 0 Å². The first-order valence-corrected chi connectivity index (χ1v) is 10.2. The lowest BCUT2D eigenvalue weighted by Crippen LogP contribution is -2.66. The molecule has 2 aliphatic carbocycles. The van der Waals surface area contributed by atoms with Gasteiger partial charge in [0.05, 0.1) is 22.9 Å². The molecule has 0 unspecified atom stereocenters. The Bertz CT molecular complexity index is 925. The van der Waals surface area contributed by atoms with Crippen molar-refractivity contribution in [3.8, 4) is 0 Å². The molecule has 0 bridgehead atoms. The SMILES string of the molecule is C[C@H]1C(=O)O[C@@H]2C[C@]34[C@@H]5OC(=O)[C@]3(O[C@H]3OC(=O)[C@H](O)[C@]34[C@H](C(C)(C)C)[C@@H]5O)[C@]21O. The Morgan fingerprint density at radius 2 is 1.70 bits per heavy atom. The minimum atomic E-state index is -2.12. The van der Waals surface area contributed by atoms with Crippen LogP contribution in [0.15, 0.2) is 0 Å². The Balaban J connectivity index is 1.71. The molecule has 6 aliphatic rings. The van der Waals surface area contributed by atoms with Gasteiger partial charge < -0.3 is 34.3 Å². The summed E-state index contributed by atoms with van der Waals surface area (Å²) in [5.41, 5.74) is -7.95. The van der Waals surface area contributed by atoms with Crippen molar-refractivity contribution >= 4 is 17.9 Å².